The Hall–Kier alpha value is -0.298. The third-order valence-electron chi connectivity index (χ3n) is 7.53. The van der Waals surface area contributed by atoms with Crippen LogP contribution in [0.25, 0.3) is 3.59 Å². The van der Waals surface area contributed by atoms with Crippen molar-refractivity contribution >= 4 is 40.9 Å². The van der Waals surface area contributed by atoms with Gasteiger partial charge in [-0.05, 0) is 0 Å². The number of hydrogen-bond acceptors (Lipinski definition) is 2. The van der Waals surface area contributed by atoms with Crippen LogP contribution < -0.4 is 0 Å². The first-order chi connectivity index (χ1) is 14.9. The molecule has 0 radical (unpaired) electrons. The molecule has 0 spiro atoms. The van der Waals surface area contributed by atoms with E-state index in [2.05, 4.69) is 52.5 Å². The van der Waals surface area contributed by atoms with E-state index >= 15 is 0 Å². The third-order valence-corrected chi connectivity index (χ3v) is 35.7. The Morgan fingerprint density at radius 2 is 1.39 bits per heavy atom. The summed E-state index contributed by atoms with van der Waals surface area (Å²) < 4.78 is 5.92. The quantitative estimate of drug-likeness (QED) is 0.108. The van der Waals surface area contributed by atoms with Crippen LogP contribution >= 0.6 is 0 Å². The molecule has 1 aromatic rings. The number of rotatable bonds is 16. The van der Waals surface area contributed by atoms with E-state index in [1.165, 1.54) is 73.2 Å². The van der Waals surface area contributed by atoms with Crippen molar-refractivity contribution in [2.75, 3.05) is 0 Å². The van der Waals surface area contributed by atoms with Gasteiger partial charge in [-0.1, -0.05) is 0 Å². The predicted molar refractivity (Wildman–Crippen MR) is 143 cm³/mol. The molecular formula is C26H47GeNO2Sn. The van der Waals surface area contributed by atoms with Gasteiger partial charge in [0, 0.05) is 0 Å². The van der Waals surface area contributed by atoms with E-state index in [1.807, 2.05) is 12.1 Å². The van der Waals surface area contributed by atoms with E-state index in [4.69, 9.17) is 0 Å². The van der Waals surface area contributed by atoms with Gasteiger partial charge in [0.1, 0.15) is 0 Å². The molecule has 0 aliphatic carbocycles. The average Bonchev–Trinajstić information content (AvgIpc) is 2.80. The third kappa shape index (κ3) is 8.21. The predicted octanol–water partition coefficient (Wildman–Crippen LogP) is 9.41. The van der Waals surface area contributed by atoms with Crippen LogP contribution in [0.15, 0.2) is 29.2 Å². The van der Waals surface area contributed by atoms with Crippen LogP contribution in [0.1, 0.15) is 85.6 Å². The number of hydrogen-bond donors (Lipinski definition) is 0. The molecule has 0 fully saturated rings. The first-order valence-electron chi connectivity index (χ1n) is 12.9. The zero-order chi connectivity index (χ0) is 23.3. The summed E-state index contributed by atoms with van der Waals surface area (Å²) in [5.41, 5.74) is 1.46. The molecule has 176 valence electrons. The molecule has 0 saturated carbocycles. The Morgan fingerprint density at radius 3 is 1.77 bits per heavy atom. The molecule has 0 unspecified atom stereocenters. The van der Waals surface area contributed by atoms with Gasteiger partial charge in [-0.15, -0.1) is 0 Å². The minimum absolute atomic E-state index is 0.212. The number of nitro benzene ring substituents is 1. The molecule has 0 N–H and O–H groups in total. The fourth-order valence-corrected chi connectivity index (χ4v) is 36.3. The second-order valence-electron chi connectivity index (χ2n) is 9.38. The summed E-state index contributed by atoms with van der Waals surface area (Å²) in [5.74, 6) is 0. The maximum absolute atomic E-state index is 11.6. The van der Waals surface area contributed by atoms with Crippen molar-refractivity contribution in [2.24, 2.45) is 0 Å². The number of benzene rings is 1. The van der Waals surface area contributed by atoms with Gasteiger partial charge in [0.25, 0.3) is 0 Å². The second kappa shape index (κ2) is 14.8. The van der Waals surface area contributed by atoms with Gasteiger partial charge in [-0.3, -0.25) is 0 Å². The molecule has 0 saturated heterocycles. The van der Waals surface area contributed by atoms with Crippen LogP contribution in [-0.2, 0) is 0 Å². The van der Waals surface area contributed by atoms with Crippen molar-refractivity contribution < 1.29 is 4.92 Å². The van der Waals surface area contributed by atoms with E-state index < -0.39 is 31.6 Å². The van der Waals surface area contributed by atoms with Gasteiger partial charge >= 0.3 is 200 Å². The van der Waals surface area contributed by atoms with Crippen molar-refractivity contribution in [3.63, 3.8) is 0 Å². The molecule has 0 heterocycles. The average molecular weight is 597 g/mol. The van der Waals surface area contributed by atoms with E-state index in [-0.39, 0.29) is 10.6 Å². The summed E-state index contributed by atoms with van der Waals surface area (Å²) >= 11 is -4.85. The van der Waals surface area contributed by atoms with Gasteiger partial charge in [-0.2, -0.15) is 0 Å². The number of non-ortho nitro benzene ring substituents is 1. The fraction of sp³-hybridized carbons (Fsp3) is 0.692. The molecule has 0 bridgehead atoms. The molecule has 0 aliphatic heterocycles. The Balaban J connectivity index is 3.82. The van der Waals surface area contributed by atoms with Gasteiger partial charge in [0.15, 0.2) is 0 Å². The van der Waals surface area contributed by atoms with Crippen molar-refractivity contribution in [3.05, 3.63) is 44.9 Å². The van der Waals surface area contributed by atoms with E-state index in [0.717, 1.165) is 0 Å². The van der Waals surface area contributed by atoms with Crippen LogP contribution in [0.3, 0.4) is 0 Å². The molecule has 5 heteroatoms. The van der Waals surface area contributed by atoms with Crippen molar-refractivity contribution in [3.8, 4) is 0 Å². The molecule has 0 aromatic heterocycles. The van der Waals surface area contributed by atoms with E-state index in [9.17, 15) is 10.1 Å². The zero-order valence-electron chi connectivity index (χ0n) is 21.1. The fourth-order valence-electron chi connectivity index (χ4n) is 5.02. The monoisotopic (exact) mass is 599 g/mol. The number of nitro groups is 1. The molecule has 31 heavy (non-hydrogen) atoms. The van der Waals surface area contributed by atoms with Crippen LogP contribution in [0.4, 0.5) is 5.69 Å². The van der Waals surface area contributed by atoms with E-state index in [1.54, 1.807) is 9.66 Å². The Bertz CT molecular complexity index is 670. The van der Waals surface area contributed by atoms with Crippen molar-refractivity contribution in [1.82, 2.24) is 0 Å². The second-order valence-corrected chi connectivity index (χ2v) is 33.3. The molecule has 0 aliphatic rings. The SMILES string of the molecule is CCC[CH2][Sn]([CH2]CCC)([CH2]CCC)/[C](=[CH]/[Ge]([CH2]C)([CH2]C)[CH2]C)c1cccc([N+](=O)[O-])c1. The minimum atomic E-state index is -2.74. The molecule has 1 rings (SSSR count). The Labute approximate surface area is 198 Å². The Kier molecular flexibility index (Phi) is 13.7. The first kappa shape index (κ1) is 28.7. The van der Waals surface area contributed by atoms with Crippen LogP contribution in [0.2, 0.25) is 29.1 Å². The van der Waals surface area contributed by atoms with Crippen LogP contribution in [0, 0.1) is 10.1 Å². The van der Waals surface area contributed by atoms with Gasteiger partial charge in [0.05, 0.1) is 0 Å². The molecule has 3 nitrogen and oxygen atoms in total. The summed E-state index contributed by atoms with van der Waals surface area (Å²) in [4.78, 5) is 14.2. The Morgan fingerprint density at radius 1 is 0.903 bits per heavy atom. The van der Waals surface area contributed by atoms with Crippen LogP contribution in [-0.4, -0.2) is 36.6 Å². The van der Waals surface area contributed by atoms with Gasteiger partial charge in [-0.25, -0.2) is 0 Å². The summed E-state index contributed by atoms with van der Waals surface area (Å²) in [6.45, 7) is 14.2. The molecule has 1 aromatic carbocycles. The zero-order valence-corrected chi connectivity index (χ0v) is 26.1. The van der Waals surface area contributed by atoms with Crippen molar-refractivity contribution in [2.45, 2.75) is 109 Å². The summed E-state index contributed by atoms with van der Waals surface area (Å²) in [6, 6.07) is 7.70. The molecule has 0 atom stereocenters. The first-order valence-corrected chi connectivity index (χ1v) is 26.0. The van der Waals surface area contributed by atoms with E-state index in [0.29, 0.717) is 0 Å². The normalized spacial score (nSPS) is 12.9. The summed E-state index contributed by atoms with van der Waals surface area (Å²) in [5, 5.41) is 15.6. The van der Waals surface area contributed by atoms with Crippen LogP contribution in [0.5, 0.6) is 0 Å². The van der Waals surface area contributed by atoms with Gasteiger partial charge < -0.3 is 0 Å². The molecule has 0 amide bonds. The number of unbranched alkanes of at least 4 members (excludes halogenated alkanes) is 3. The van der Waals surface area contributed by atoms with Crippen molar-refractivity contribution in [1.29, 1.82) is 0 Å². The summed E-state index contributed by atoms with van der Waals surface area (Å²) in [6.07, 6.45) is 7.71. The standard InChI is InChI=1S/C14H20GeNO2.3C4H9.Sn/c1-4-15(5-2,6-3)11-10-13-8-7-9-14(12-13)16(17)18;3*1-3-4-2;/h7-9,11-12H,4-6H2,1-3H3;3*1,3-4H2,2H3;. The van der Waals surface area contributed by atoms with Gasteiger partial charge in [0.2, 0.25) is 0 Å². The maximum atomic E-state index is 11.6. The molecular weight excluding hydrogens is 550 g/mol. The topological polar surface area (TPSA) is 43.1 Å². The summed E-state index contributed by atoms with van der Waals surface area (Å²) in [7, 11) is 0. The number of nitrogens with zero attached hydrogens (tertiary/aromatic N) is 1.